The van der Waals surface area contributed by atoms with Crippen molar-refractivity contribution in [1.29, 1.82) is 10.5 Å². The predicted molar refractivity (Wildman–Crippen MR) is 106 cm³/mol. The molecule has 0 saturated carbocycles. The van der Waals surface area contributed by atoms with E-state index in [1.54, 1.807) is 6.08 Å². The summed E-state index contributed by atoms with van der Waals surface area (Å²) in [5.74, 6) is -0.418. The van der Waals surface area contributed by atoms with Crippen molar-refractivity contribution in [2.24, 2.45) is 11.3 Å². The minimum atomic E-state index is -1.14. The minimum Gasteiger partial charge on any atom is -0.197 e. The number of nitrogens with zero attached hydrogens (tertiary/aromatic N) is 2. The molecule has 0 amide bonds. The summed E-state index contributed by atoms with van der Waals surface area (Å²) in [7, 11) is 0. The molecule has 2 nitrogen and oxygen atoms in total. The van der Waals surface area contributed by atoms with Crippen molar-refractivity contribution in [2.45, 2.75) is 25.7 Å². The molecule has 0 aliphatic heterocycles. The van der Waals surface area contributed by atoms with E-state index >= 15 is 0 Å². The monoisotopic (exact) mass is 340 g/mol. The second-order valence-electron chi connectivity index (χ2n) is 6.49. The predicted octanol–water partition coefficient (Wildman–Crippen LogP) is 5.81. The molecule has 0 spiro atoms. The standard InChI is InChI=1S/C24H24N2/c1-3-11-23(22-16-8-5-9-17-22)24(18-25,19-26)20(2)12-10-15-21-13-6-4-7-14-21/h3-10,12-14,16-17,20,23H,1,11,15H2,2H3/b12-10+. The first-order valence-electron chi connectivity index (χ1n) is 8.87. The smallest absolute Gasteiger partial charge is 0.156 e. The molecule has 2 aromatic rings. The molecule has 2 rings (SSSR count). The fourth-order valence-electron chi connectivity index (χ4n) is 3.31. The van der Waals surface area contributed by atoms with E-state index in [2.05, 4.69) is 36.9 Å². The lowest BCUT2D eigenvalue weighted by atomic mass is 9.65. The first-order valence-corrected chi connectivity index (χ1v) is 8.87. The zero-order valence-electron chi connectivity index (χ0n) is 15.2. The molecular formula is C24H24N2. The highest BCUT2D eigenvalue weighted by Crippen LogP contribution is 2.44. The number of allylic oxidation sites excluding steroid dienone is 3. The van der Waals surface area contributed by atoms with Gasteiger partial charge in [-0.05, 0) is 24.0 Å². The molecule has 2 unspecified atom stereocenters. The summed E-state index contributed by atoms with van der Waals surface area (Å²) in [5, 5.41) is 20.0. The van der Waals surface area contributed by atoms with Crippen LogP contribution in [-0.4, -0.2) is 0 Å². The van der Waals surface area contributed by atoms with E-state index in [0.717, 1.165) is 12.0 Å². The highest BCUT2D eigenvalue weighted by atomic mass is 14.5. The molecule has 2 heteroatoms. The van der Waals surface area contributed by atoms with Gasteiger partial charge in [0.1, 0.15) is 0 Å². The summed E-state index contributed by atoms with van der Waals surface area (Å²) in [6.07, 6.45) is 7.22. The van der Waals surface area contributed by atoms with Crippen LogP contribution in [0.5, 0.6) is 0 Å². The van der Waals surface area contributed by atoms with Crippen molar-refractivity contribution in [3.8, 4) is 12.1 Å². The van der Waals surface area contributed by atoms with E-state index < -0.39 is 5.41 Å². The molecular weight excluding hydrogens is 316 g/mol. The van der Waals surface area contributed by atoms with Gasteiger partial charge in [-0.3, -0.25) is 0 Å². The van der Waals surface area contributed by atoms with Crippen LogP contribution in [0.4, 0.5) is 0 Å². The number of benzene rings is 2. The normalized spacial score (nSPS) is 13.5. The molecule has 0 aliphatic carbocycles. The lowest BCUT2D eigenvalue weighted by Gasteiger charge is -2.32. The summed E-state index contributed by atoms with van der Waals surface area (Å²) < 4.78 is 0. The van der Waals surface area contributed by atoms with Gasteiger partial charge in [0.15, 0.2) is 5.41 Å². The van der Waals surface area contributed by atoms with E-state index in [1.165, 1.54) is 5.56 Å². The second kappa shape index (κ2) is 9.40. The van der Waals surface area contributed by atoms with E-state index in [0.29, 0.717) is 6.42 Å². The van der Waals surface area contributed by atoms with Gasteiger partial charge in [0, 0.05) is 11.8 Å². The van der Waals surface area contributed by atoms with Crippen molar-refractivity contribution in [3.05, 3.63) is 96.6 Å². The molecule has 0 N–H and O–H groups in total. The largest absolute Gasteiger partial charge is 0.197 e. The van der Waals surface area contributed by atoms with Crippen molar-refractivity contribution >= 4 is 0 Å². The Morgan fingerprint density at radius 3 is 2.12 bits per heavy atom. The van der Waals surface area contributed by atoms with Crippen LogP contribution in [-0.2, 0) is 6.42 Å². The fourth-order valence-corrected chi connectivity index (χ4v) is 3.31. The number of nitriles is 2. The number of hydrogen-bond donors (Lipinski definition) is 0. The van der Waals surface area contributed by atoms with Gasteiger partial charge in [0.05, 0.1) is 12.1 Å². The van der Waals surface area contributed by atoms with Gasteiger partial charge >= 0.3 is 0 Å². The Kier molecular flexibility index (Phi) is 6.95. The van der Waals surface area contributed by atoms with Crippen LogP contribution in [0.1, 0.15) is 30.4 Å². The lowest BCUT2D eigenvalue weighted by Crippen LogP contribution is -2.32. The highest BCUT2D eigenvalue weighted by Gasteiger charge is 2.43. The van der Waals surface area contributed by atoms with Gasteiger partial charge in [0.2, 0.25) is 0 Å². The van der Waals surface area contributed by atoms with Crippen LogP contribution < -0.4 is 0 Å². The van der Waals surface area contributed by atoms with Gasteiger partial charge in [-0.25, -0.2) is 0 Å². The second-order valence-corrected chi connectivity index (χ2v) is 6.49. The molecule has 0 saturated heterocycles. The van der Waals surface area contributed by atoms with Crippen molar-refractivity contribution < 1.29 is 0 Å². The Labute approximate surface area is 156 Å². The number of hydrogen-bond acceptors (Lipinski definition) is 2. The molecule has 130 valence electrons. The molecule has 0 fully saturated rings. The van der Waals surface area contributed by atoms with Crippen LogP contribution in [0.3, 0.4) is 0 Å². The maximum absolute atomic E-state index is 9.98. The lowest BCUT2D eigenvalue weighted by molar-refractivity contribution is 0.327. The first-order chi connectivity index (χ1) is 12.7. The third-order valence-corrected chi connectivity index (χ3v) is 4.86. The van der Waals surface area contributed by atoms with Gasteiger partial charge in [-0.15, -0.1) is 6.58 Å². The SMILES string of the molecule is C=CCC(c1ccccc1)C(C#N)(C#N)C(C)/C=C/Cc1ccccc1. The van der Waals surface area contributed by atoms with Crippen LogP contribution in [0.15, 0.2) is 85.5 Å². The van der Waals surface area contributed by atoms with Gasteiger partial charge in [0.25, 0.3) is 0 Å². The van der Waals surface area contributed by atoms with Crippen LogP contribution >= 0.6 is 0 Å². The molecule has 0 radical (unpaired) electrons. The maximum Gasteiger partial charge on any atom is 0.156 e. The summed E-state index contributed by atoms with van der Waals surface area (Å²) in [5.41, 5.74) is 1.07. The molecule has 26 heavy (non-hydrogen) atoms. The zero-order chi connectivity index (χ0) is 18.8. The molecule has 2 aromatic carbocycles. The summed E-state index contributed by atoms with van der Waals surface area (Å²) >= 11 is 0. The quantitative estimate of drug-likeness (QED) is 0.569. The summed E-state index contributed by atoms with van der Waals surface area (Å²) in [6.45, 7) is 5.78. The zero-order valence-corrected chi connectivity index (χ0v) is 15.2. The van der Waals surface area contributed by atoms with Crippen molar-refractivity contribution in [1.82, 2.24) is 0 Å². The molecule has 0 aliphatic rings. The third kappa shape index (κ3) is 4.29. The molecule has 2 atom stereocenters. The average Bonchev–Trinajstić information content (AvgIpc) is 2.70. The highest BCUT2D eigenvalue weighted by molar-refractivity contribution is 5.34. The Hall–Kier alpha value is -3.10. The van der Waals surface area contributed by atoms with E-state index in [-0.39, 0.29) is 11.8 Å². The summed E-state index contributed by atoms with van der Waals surface area (Å²) in [4.78, 5) is 0. The van der Waals surface area contributed by atoms with Crippen molar-refractivity contribution in [2.75, 3.05) is 0 Å². The van der Waals surface area contributed by atoms with E-state index in [1.807, 2.05) is 61.5 Å². The van der Waals surface area contributed by atoms with Gasteiger partial charge in [-0.1, -0.05) is 85.8 Å². The Morgan fingerprint density at radius 1 is 1.00 bits per heavy atom. The maximum atomic E-state index is 9.98. The topological polar surface area (TPSA) is 47.6 Å². The first kappa shape index (κ1) is 19.2. The van der Waals surface area contributed by atoms with Crippen LogP contribution in [0, 0.1) is 34.0 Å². The number of rotatable bonds is 8. The minimum absolute atomic E-state index is 0.202. The third-order valence-electron chi connectivity index (χ3n) is 4.86. The molecule has 0 heterocycles. The van der Waals surface area contributed by atoms with Gasteiger partial charge in [-0.2, -0.15) is 10.5 Å². The molecule has 0 aromatic heterocycles. The Morgan fingerprint density at radius 2 is 1.58 bits per heavy atom. The molecule has 0 bridgehead atoms. The van der Waals surface area contributed by atoms with Crippen LogP contribution in [0.25, 0.3) is 0 Å². The van der Waals surface area contributed by atoms with Crippen molar-refractivity contribution in [3.63, 3.8) is 0 Å². The Balaban J connectivity index is 2.30. The summed E-state index contributed by atoms with van der Waals surface area (Å²) in [6, 6.07) is 24.6. The van der Waals surface area contributed by atoms with E-state index in [4.69, 9.17) is 0 Å². The average molecular weight is 340 g/mol. The van der Waals surface area contributed by atoms with Gasteiger partial charge < -0.3 is 0 Å². The van der Waals surface area contributed by atoms with Crippen LogP contribution in [0.2, 0.25) is 0 Å². The fraction of sp³-hybridized carbons (Fsp3) is 0.250. The Bertz CT molecular complexity index is 793. The van der Waals surface area contributed by atoms with E-state index in [9.17, 15) is 10.5 Å².